The van der Waals surface area contributed by atoms with Crippen molar-refractivity contribution < 1.29 is 9.53 Å². The molecule has 1 heterocycles. The summed E-state index contributed by atoms with van der Waals surface area (Å²) >= 11 is 3.34. The number of esters is 1. The molecule has 1 aromatic heterocycles. The summed E-state index contributed by atoms with van der Waals surface area (Å²) in [5.74, 6) is -0.488. The molecule has 0 saturated carbocycles. The van der Waals surface area contributed by atoms with E-state index in [0.29, 0.717) is 5.69 Å². The Kier molecular flexibility index (Phi) is 4.57. The molecule has 0 aliphatic heterocycles. The average Bonchev–Trinajstić information content (AvgIpc) is 2.41. The van der Waals surface area contributed by atoms with Gasteiger partial charge in [-0.15, -0.1) is 0 Å². The minimum Gasteiger partial charge on any atom is -0.459 e. The molecule has 0 bridgehead atoms. The maximum absolute atomic E-state index is 11.7. The molecule has 0 aliphatic carbocycles. The summed E-state index contributed by atoms with van der Waals surface area (Å²) in [6.45, 7) is 0.00716. The number of nitrogen functional groups attached to an aromatic ring is 1. The summed E-state index contributed by atoms with van der Waals surface area (Å²) in [6.07, 6.45) is 1.42. The van der Waals surface area contributed by atoms with Crippen LogP contribution in [0.25, 0.3) is 0 Å². The van der Waals surface area contributed by atoms with Crippen LogP contribution in [-0.4, -0.2) is 10.5 Å². The van der Waals surface area contributed by atoms with Gasteiger partial charge in [0.05, 0.1) is 0 Å². The van der Waals surface area contributed by atoms with Crippen LogP contribution in [0.4, 0.5) is 5.69 Å². The molecular formula is C14H13BrN2O3. The van der Waals surface area contributed by atoms with Crippen molar-refractivity contribution in [3.63, 3.8) is 0 Å². The van der Waals surface area contributed by atoms with E-state index in [4.69, 9.17) is 10.5 Å². The van der Waals surface area contributed by atoms with Crippen LogP contribution in [0, 0.1) is 0 Å². The number of halogens is 1. The van der Waals surface area contributed by atoms with Crippen molar-refractivity contribution in [3.05, 3.63) is 63.0 Å². The number of carbonyl (C=O) groups excluding carboxylic acids is 1. The lowest BCUT2D eigenvalue weighted by molar-refractivity contribution is -0.145. The van der Waals surface area contributed by atoms with E-state index in [1.165, 1.54) is 22.9 Å². The van der Waals surface area contributed by atoms with E-state index in [-0.39, 0.29) is 18.7 Å². The number of ether oxygens (including phenoxy) is 1. The van der Waals surface area contributed by atoms with Gasteiger partial charge >= 0.3 is 5.97 Å². The molecule has 20 heavy (non-hydrogen) atoms. The molecule has 104 valence electrons. The van der Waals surface area contributed by atoms with E-state index >= 15 is 0 Å². The number of nitrogens with two attached hydrogens (primary N) is 1. The number of nitrogens with zero attached hydrogens (tertiary/aromatic N) is 1. The van der Waals surface area contributed by atoms with E-state index in [1.54, 1.807) is 0 Å². The van der Waals surface area contributed by atoms with Gasteiger partial charge in [-0.05, 0) is 23.8 Å². The summed E-state index contributed by atoms with van der Waals surface area (Å²) in [6, 6.07) is 10.3. The number of hydrogen-bond acceptors (Lipinski definition) is 4. The Morgan fingerprint density at radius 3 is 2.85 bits per heavy atom. The van der Waals surface area contributed by atoms with Crippen LogP contribution in [0.2, 0.25) is 0 Å². The molecule has 0 radical (unpaired) electrons. The second-order valence-corrected chi connectivity index (χ2v) is 5.13. The normalized spacial score (nSPS) is 10.2. The number of pyridine rings is 1. The number of aromatic nitrogens is 1. The predicted octanol–water partition coefficient (Wildman–Crippen LogP) is 1.94. The van der Waals surface area contributed by atoms with Crippen LogP contribution in [0.15, 0.2) is 51.9 Å². The summed E-state index contributed by atoms with van der Waals surface area (Å²) in [5, 5.41) is 0. The van der Waals surface area contributed by atoms with E-state index in [1.807, 2.05) is 24.3 Å². The Bertz CT molecular complexity index is 682. The largest absolute Gasteiger partial charge is 0.459 e. The first-order chi connectivity index (χ1) is 9.54. The summed E-state index contributed by atoms with van der Waals surface area (Å²) < 4.78 is 7.26. The fraction of sp³-hybridized carbons (Fsp3) is 0.143. The van der Waals surface area contributed by atoms with Gasteiger partial charge in [-0.3, -0.25) is 9.59 Å². The molecule has 0 aliphatic rings. The Morgan fingerprint density at radius 2 is 2.10 bits per heavy atom. The molecule has 0 amide bonds. The molecule has 5 nitrogen and oxygen atoms in total. The van der Waals surface area contributed by atoms with Gasteiger partial charge in [-0.25, -0.2) is 0 Å². The Balaban J connectivity index is 1.96. The third-order valence-corrected chi connectivity index (χ3v) is 3.09. The van der Waals surface area contributed by atoms with Crippen molar-refractivity contribution >= 4 is 27.6 Å². The van der Waals surface area contributed by atoms with Gasteiger partial charge in [0.25, 0.3) is 5.56 Å². The van der Waals surface area contributed by atoms with Crippen LogP contribution in [0.1, 0.15) is 5.56 Å². The van der Waals surface area contributed by atoms with Crippen molar-refractivity contribution in [2.45, 2.75) is 13.2 Å². The zero-order chi connectivity index (χ0) is 14.5. The zero-order valence-electron chi connectivity index (χ0n) is 10.6. The molecule has 6 heteroatoms. The maximum atomic E-state index is 11.7. The highest BCUT2D eigenvalue weighted by Gasteiger charge is 2.06. The molecule has 0 saturated heterocycles. The molecule has 0 unspecified atom stereocenters. The first-order valence-corrected chi connectivity index (χ1v) is 6.70. The van der Waals surface area contributed by atoms with E-state index in [2.05, 4.69) is 15.9 Å². The first kappa shape index (κ1) is 14.3. The topological polar surface area (TPSA) is 74.3 Å². The lowest BCUT2D eigenvalue weighted by Gasteiger charge is -2.07. The molecule has 0 fully saturated rings. The Labute approximate surface area is 124 Å². The van der Waals surface area contributed by atoms with Crippen LogP contribution in [0.3, 0.4) is 0 Å². The average molecular weight is 337 g/mol. The lowest BCUT2D eigenvalue weighted by atomic mass is 10.2. The van der Waals surface area contributed by atoms with Gasteiger partial charge in [0.15, 0.2) is 0 Å². The monoisotopic (exact) mass is 336 g/mol. The highest BCUT2D eigenvalue weighted by Crippen LogP contribution is 2.12. The lowest BCUT2D eigenvalue weighted by Crippen LogP contribution is -2.24. The van der Waals surface area contributed by atoms with Crippen LogP contribution < -0.4 is 11.3 Å². The zero-order valence-corrected chi connectivity index (χ0v) is 12.2. The number of rotatable bonds is 4. The molecule has 1 aromatic carbocycles. The number of hydrogen-bond donors (Lipinski definition) is 1. The molecule has 2 rings (SSSR count). The SMILES string of the molecule is Nc1ccc(=O)n(CC(=O)OCc2cccc(Br)c2)c1. The molecule has 0 spiro atoms. The Morgan fingerprint density at radius 1 is 1.30 bits per heavy atom. The second-order valence-electron chi connectivity index (χ2n) is 4.22. The standard InChI is InChI=1S/C14H13BrN2O3/c15-11-3-1-2-10(6-11)9-20-14(19)8-17-7-12(16)4-5-13(17)18/h1-7H,8-9,16H2. The highest BCUT2D eigenvalue weighted by molar-refractivity contribution is 9.10. The maximum Gasteiger partial charge on any atom is 0.326 e. The van der Waals surface area contributed by atoms with Crippen molar-refractivity contribution in [1.82, 2.24) is 4.57 Å². The fourth-order valence-corrected chi connectivity index (χ4v) is 2.10. The molecule has 2 N–H and O–H groups in total. The van der Waals surface area contributed by atoms with Gasteiger partial charge in [-0.2, -0.15) is 0 Å². The molecule has 2 aromatic rings. The highest BCUT2D eigenvalue weighted by atomic mass is 79.9. The van der Waals surface area contributed by atoms with Gasteiger partial charge in [-0.1, -0.05) is 28.1 Å². The molecule has 0 atom stereocenters. The third kappa shape index (κ3) is 3.96. The first-order valence-electron chi connectivity index (χ1n) is 5.90. The van der Waals surface area contributed by atoms with Crippen molar-refractivity contribution in [3.8, 4) is 0 Å². The number of anilines is 1. The van der Waals surface area contributed by atoms with Gasteiger partial charge in [0.2, 0.25) is 0 Å². The number of carbonyl (C=O) groups is 1. The summed E-state index contributed by atoms with van der Waals surface area (Å²) in [5.41, 5.74) is 6.56. The van der Waals surface area contributed by atoms with Crippen molar-refractivity contribution in [1.29, 1.82) is 0 Å². The Hall–Kier alpha value is -2.08. The van der Waals surface area contributed by atoms with E-state index in [9.17, 15) is 9.59 Å². The second kappa shape index (κ2) is 6.38. The van der Waals surface area contributed by atoms with Crippen molar-refractivity contribution in [2.75, 3.05) is 5.73 Å². The predicted molar refractivity (Wildman–Crippen MR) is 79.1 cm³/mol. The smallest absolute Gasteiger partial charge is 0.326 e. The third-order valence-electron chi connectivity index (χ3n) is 2.59. The number of benzene rings is 1. The fourth-order valence-electron chi connectivity index (χ4n) is 1.65. The summed E-state index contributed by atoms with van der Waals surface area (Å²) in [4.78, 5) is 23.2. The van der Waals surface area contributed by atoms with E-state index < -0.39 is 5.97 Å². The van der Waals surface area contributed by atoms with E-state index in [0.717, 1.165) is 10.0 Å². The van der Waals surface area contributed by atoms with Crippen LogP contribution in [0.5, 0.6) is 0 Å². The van der Waals surface area contributed by atoms with Gasteiger partial charge < -0.3 is 15.0 Å². The molecular weight excluding hydrogens is 324 g/mol. The van der Waals surface area contributed by atoms with Crippen LogP contribution in [-0.2, 0) is 22.7 Å². The minimum atomic E-state index is -0.488. The quantitative estimate of drug-likeness (QED) is 0.866. The van der Waals surface area contributed by atoms with Crippen molar-refractivity contribution in [2.24, 2.45) is 0 Å². The van der Waals surface area contributed by atoms with Crippen LogP contribution >= 0.6 is 15.9 Å². The van der Waals surface area contributed by atoms with Gasteiger partial charge in [0.1, 0.15) is 13.2 Å². The minimum absolute atomic E-state index is 0.155. The van der Waals surface area contributed by atoms with Gasteiger partial charge in [0, 0.05) is 22.4 Å². The summed E-state index contributed by atoms with van der Waals surface area (Å²) in [7, 11) is 0.